The molecule has 0 saturated carbocycles. The van der Waals surface area contributed by atoms with Crippen LogP contribution >= 0.6 is 0 Å². The van der Waals surface area contributed by atoms with E-state index in [9.17, 15) is 14.7 Å². The van der Waals surface area contributed by atoms with Crippen LogP contribution in [-0.4, -0.2) is 37.7 Å². The lowest BCUT2D eigenvalue weighted by Gasteiger charge is -2.43. The highest BCUT2D eigenvalue weighted by Crippen LogP contribution is 2.40. The fourth-order valence-electron chi connectivity index (χ4n) is 2.10. The van der Waals surface area contributed by atoms with E-state index in [0.717, 1.165) is 0 Å². The molecule has 118 valence electrons. The van der Waals surface area contributed by atoms with E-state index in [1.54, 1.807) is 20.8 Å². The van der Waals surface area contributed by atoms with E-state index >= 15 is 0 Å². The molecule has 2 amide bonds. The second kappa shape index (κ2) is 5.34. The molecular formula is C13H22N4O4. The zero-order valence-corrected chi connectivity index (χ0v) is 13.2. The molecule has 1 aromatic rings. The summed E-state index contributed by atoms with van der Waals surface area (Å²) in [4.78, 5) is 24.0. The first kappa shape index (κ1) is 16.9. The van der Waals surface area contributed by atoms with Crippen molar-refractivity contribution in [3.63, 3.8) is 0 Å². The van der Waals surface area contributed by atoms with E-state index in [2.05, 4.69) is 10.2 Å². The first-order valence-corrected chi connectivity index (χ1v) is 6.51. The van der Waals surface area contributed by atoms with Crippen molar-refractivity contribution in [2.45, 2.75) is 53.1 Å². The Morgan fingerprint density at radius 3 is 2.00 bits per heavy atom. The van der Waals surface area contributed by atoms with Gasteiger partial charge in [0.15, 0.2) is 0 Å². The van der Waals surface area contributed by atoms with E-state index in [0.29, 0.717) is 0 Å². The minimum atomic E-state index is -1.11. The molecule has 0 radical (unpaired) electrons. The lowest BCUT2D eigenvalue weighted by molar-refractivity contribution is 0.0148. The zero-order valence-electron chi connectivity index (χ0n) is 13.2. The average molecular weight is 298 g/mol. The highest BCUT2D eigenvalue weighted by molar-refractivity contribution is 5.87. The molecule has 0 fully saturated rings. The van der Waals surface area contributed by atoms with Crippen LogP contribution in [0.3, 0.4) is 0 Å². The molecule has 0 saturated heterocycles. The number of hydrogen-bond acceptors (Lipinski definition) is 5. The van der Waals surface area contributed by atoms with E-state index in [4.69, 9.17) is 10.2 Å². The summed E-state index contributed by atoms with van der Waals surface area (Å²) in [5.74, 6) is -1.13. The summed E-state index contributed by atoms with van der Waals surface area (Å²) in [6, 6.07) is -0.712. The summed E-state index contributed by atoms with van der Waals surface area (Å²) in [7, 11) is 0. The minimum absolute atomic E-state index is 0.0497. The van der Waals surface area contributed by atoms with Crippen LogP contribution in [-0.2, 0) is 0 Å². The normalized spacial score (nSPS) is 13.8. The van der Waals surface area contributed by atoms with Gasteiger partial charge in [-0.1, -0.05) is 20.8 Å². The number of nitrogens with zero attached hydrogens (tertiary/aromatic N) is 3. The molecule has 0 bridgehead atoms. The first-order chi connectivity index (χ1) is 9.35. The molecule has 1 aromatic heterocycles. The maximum Gasteiger partial charge on any atom is 0.408 e. The van der Waals surface area contributed by atoms with Crippen molar-refractivity contribution in [2.24, 2.45) is 11.1 Å². The molecule has 8 heteroatoms. The molecule has 21 heavy (non-hydrogen) atoms. The molecule has 1 atom stereocenters. The monoisotopic (exact) mass is 298 g/mol. The Morgan fingerprint density at radius 1 is 1.19 bits per heavy atom. The summed E-state index contributed by atoms with van der Waals surface area (Å²) in [5.41, 5.74) is 3.88. The van der Waals surface area contributed by atoms with Crippen LogP contribution in [0.5, 0.6) is 0 Å². The SMILES string of the molecule is CC(C)(C)[C@@H](c1nnc(C(N)=O)o1)N(C(=O)O)C(C)(C)C. The maximum absolute atomic E-state index is 11.7. The number of aromatic nitrogens is 2. The van der Waals surface area contributed by atoms with Gasteiger partial charge in [-0.3, -0.25) is 9.69 Å². The van der Waals surface area contributed by atoms with Gasteiger partial charge in [0.2, 0.25) is 5.89 Å². The second-order valence-electron chi connectivity index (χ2n) is 6.90. The summed E-state index contributed by atoms with van der Waals surface area (Å²) >= 11 is 0. The van der Waals surface area contributed by atoms with Crippen molar-refractivity contribution in [1.29, 1.82) is 0 Å². The Balaban J connectivity index is 3.41. The number of carbonyl (C=O) groups excluding carboxylic acids is 1. The number of amides is 2. The van der Waals surface area contributed by atoms with Crippen molar-refractivity contribution >= 4 is 12.0 Å². The summed E-state index contributed by atoms with van der Waals surface area (Å²) < 4.78 is 5.26. The van der Waals surface area contributed by atoms with Gasteiger partial charge in [0, 0.05) is 5.54 Å². The van der Waals surface area contributed by atoms with Gasteiger partial charge in [0.25, 0.3) is 0 Å². The van der Waals surface area contributed by atoms with Gasteiger partial charge in [0.05, 0.1) is 0 Å². The predicted octanol–water partition coefficient (Wildman–Crippen LogP) is 2.03. The standard InChI is InChI=1S/C13H22N4O4/c1-12(2,3)7(17(11(19)20)13(4,5)6)9-15-16-10(21-9)8(14)18/h7H,1-6H3,(H2,14,18)(H,19,20)/t7-/m1/s1. The molecule has 1 heterocycles. The fraction of sp³-hybridized carbons (Fsp3) is 0.692. The molecule has 3 N–H and O–H groups in total. The van der Waals surface area contributed by atoms with Crippen LogP contribution in [0.25, 0.3) is 0 Å². The first-order valence-electron chi connectivity index (χ1n) is 6.51. The van der Waals surface area contributed by atoms with Crippen LogP contribution in [0.1, 0.15) is 64.2 Å². The smallest absolute Gasteiger partial charge is 0.408 e. The largest absolute Gasteiger partial charge is 0.465 e. The number of carbonyl (C=O) groups is 2. The van der Waals surface area contributed by atoms with E-state index in [1.807, 2.05) is 20.8 Å². The lowest BCUT2D eigenvalue weighted by Crippen LogP contribution is -2.51. The Bertz CT molecular complexity index is 539. The number of primary amides is 1. The van der Waals surface area contributed by atoms with Gasteiger partial charge < -0.3 is 15.3 Å². The number of nitrogens with two attached hydrogens (primary N) is 1. The third-order valence-electron chi connectivity index (χ3n) is 2.89. The third-order valence-corrected chi connectivity index (χ3v) is 2.89. The predicted molar refractivity (Wildman–Crippen MR) is 74.6 cm³/mol. The summed E-state index contributed by atoms with van der Waals surface area (Å²) in [5, 5.41) is 16.9. The lowest BCUT2D eigenvalue weighted by atomic mass is 9.83. The Kier molecular flexibility index (Phi) is 4.31. The van der Waals surface area contributed by atoms with Gasteiger partial charge in [-0.2, -0.15) is 0 Å². The molecule has 0 aliphatic rings. The third kappa shape index (κ3) is 3.71. The molecule has 0 unspecified atom stereocenters. The molecule has 1 rings (SSSR count). The van der Waals surface area contributed by atoms with Gasteiger partial charge in [-0.05, 0) is 26.2 Å². The van der Waals surface area contributed by atoms with Gasteiger partial charge in [0.1, 0.15) is 6.04 Å². The van der Waals surface area contributed by atoms with Gasteiger partial charge >= 0.3 is 17.9 Å². The topological polar surface area (TPSA) is 123 Å². The number of hydrogen-bond donors (Lipinski definition) is 2. The van der Waals surface area contributed by atoms with Crippen molar-refractivity contribution in [1.82, 2.24) is 15.1 Å². The maximum atomic E-state index is 11.7. The highest BCUT2D eigenvalue weighted by Gasteiger charge is 2.44. The van der Waals surface area contributed by atoms with Crippen molar-refractivity contribution in [3.8, 4) is 0 Å². The van der Waals surface area contributed by atoms with Crippen LogP contribution < -0.4 is 5.73 Å². The highest BCUT2D eigenvalue weighted by atomic mass is 16.4. The van der Waals surface area contributed by atoms with Crippen molar-refractivity contribution < 1.29 is 19.1 Å². The van der Waals surface area contributed by atoms with Crippen LogP contribution in [0, 0.1) is 5.41 Å². The molecule has 8 nitrogen and oxygen atoms in total. The molecule has 0 aromatic carbocycles. The molecule has 0 aliphatic carbocycles. The quantitative estimate of drug-likeness (QED) is 0.880. The second-order valence-corrected chi connectivity index (χ2v) is 6.90. The molecule has 0 spiro atoms. The van der Waals surface area contributed by atoms with Crippen LogP contribution in [0.2, 0.25) is 0 Å². The van der Waals surface area contributed by atoms with Gasteiger partial charge in [-0.15, -0.1) is 10.2 Å². The van der Waals surface area contributed by atoms with E-state index in [1.165, 1.54) is 4.90 Å². The summed E-state index contributed by atoms with van der Waals surface area (Å²) in [6.45, 7) is 10.9. The van der Waals surface area contributed by atoms with Crippen LogP contribution in [0.15, 0.2) is 4.42 Å². The Labute approximate surface area is 123 Å². The Hall–Kier alpha value is -2.12. The van der Waals surface area contributed by atoms with Crippen LogP contribution in [0.4, 0.5) is 4.79 Å². The van der Waals surface area contributed by atoms with E-state index < -0.39 is 29.0 Å². The number of carboxylic acid groups (broad SMARTS) is 1. The average Bonchev–Trinajstić information content (AvgIpc) is 2.70. The van der Waals surface area contributed by atoms with Crippen molar-refractivity contribution in [3.05, 3.63) is 11.8 Å². The summed E-state index contributed by atoms with van der Waals surface area (Å²) in [6.07, 6.45) is -1.11. The minimum Gasteiger partial charge on any atom is -0.465 e. The van der Waals surface area contributed by atoms with Gasteiger partial charge in [-0.25, -0.2) is 4.79 Å². The van der Waals surface area contributed by atoms with Crippen molar-refractivity contribution in [2.75, 3.05) is 0 Å². The van der Waals surface area contributed by atoms with E-state index in [-0.39, 0.29) is 11.8 Å². The fourth-order valence-corrected chi connectivity index (χ4v) is 2.10. The molecular weight excluding hydrogens is 276 g/mol. The number of rotatable bonds is 3. The zero-order chi connectivity index (χ0) is 16.6. The Morgan fingerprint density at radius 2 is 1.71 bits per heavy atom. The molecule has 0 aliphatic heterocycles.